The highest BCUT2D eigenvalue weighted by atomic mass is 16.1. The average molecular weight is 425 g/mol. The summed E-state index contributed by atoms with van der Waals surface area (Å²) in [7, 11) is 0. The summed E-state index contributed by atoms with van der Waals surface area (Å²) in [5.74, 6) is 1.10. The third-order valence-corrected chi connectivity index (χ3v) is 5.39. The van der Waals surface area contributed by atoms with Crippen LogP contribution in [0, 0.1) is 13.8 Å². The Bertz CT molecular complexity index is 1340. The normalized spacial score (nSPS) is 13.6. The summed E-state index contributed by atoms with van der Waals surface area (Å²) in [4.78, 5) is 30.1. The molecule has 1 aliphatic carbocycles. The van der Waals surface area contributed by atoms with E-state index in [1.165, 1.54) is 0 Å². The van der Waals surface area contributed by atoms with Crippen LogP contribution in [0.5, 0.6) is 0 Å². The number of amides is 1. The lowest BCUT2D eigenvalue weighted by Gasteiger charge is -2.08. The number of aryl methyl sites for hydroxylation is 2. The molecule has 2 N–H and O–H groups in total. The Hall–Kier alpha value is -4.07. The number of fused-ring (bicyclic) bond motifs is 1. The van der Waals surface area contributed by atoms with Crippen LogP contribution in [0.2, 0.25) is 0 Å². The van der Waals surface area contributed by atoms with Crippen LogP contribution < -0.4 is 10.6 Å². The molecule has 1 amide bonds. The van der Waals surface area contributed by atoms with Crippen molar-refractivity contribution in [3.05, 3.63) is 71.4 Å². The first-order chi connectivity index (χ1) is 15.6. The highest BCUT2D eigenvalue weighted by Crippen LogP contribution is 2.27. The molecule has 0 unspecified atom stereocenters. The fourth-order valence-electron chi connectivity index (χ4n) is 3.40. The lowest BCUT2D eigenvalue weighted by Crippen LogP contribution is -2.13. The summed E-state index contributed by atoms with van der Waals surface area (Å²) >= 11 is 0. The Kier molecular flexibility index (Phi) is 5.10. The number of anilines is 2. The summed E-state index contributed by atoms with van der Waals surface area (Å²) in [6.07, 6.45) is 11.1. The molecule has 32 heavy (non-hydrogen) atoms. The van der Waals surface area contributed by atoms with Crippen LogP contribution in [-0.4, -0.2) is 36.5 Å². The van der Waals surface area contributed by atoms with Crippen LogP contribution in [0.25, 0.3) is 23.4 Å². The average Bonchev–Trinajstić information content (AvgIpc) is 3.50. The Morgan fingerprint density at radius 1 is 1.09 bits per heavy atom. The minimum atomic E-state index is -0.200. The van der Waals surface area contributed by atoms with Gasteiger partial charge in [0.05, 0.1) is 0 Å². The molecule has 3 aromatic heterocycles. The lowest BCUT2D eigenvalue weighted by atomic mass is 10.0. The number of pyridine rings is 1. The van der Waals surface area contributed by atoms with Gasteiger partial charge in [0, 0.05) is 24.0 Å². The number of benzene rings is 1. The smallest absolute Gasteiger partial charge is 0.256 e. The van der Waals surface area contributed by atoms with Crippen LogP contribution in [0.15, 0.2) is 49.2 Å². The van der Waals surface area contributed by atoms with Gasteiger partial charge >= 0.3 is 0 Å². The molecule has 0 radical (unpaired) electrons. The molecule has 160 valence electrons. The lowest BCUT2D eigenvalue weighted by molar-refractivity contribution is 0.102. The Balaban J connectivity index is 1.39. The predicted molar refractivity (Wildman–Crippen MR) is 125 cm³/mol. The van der Waals surface area contributed by atoms with Gasteiger partial charge in [0.2, 0.25) is 0 Å². The van der Waals surface area contributed by atoms with Gasteiger partial charge in [0.1, 0.15) is 18.5 Å². The van der Waals surface area contributed by atoms with Crippen LogP contribution >= 0.6 is 0 Å². The number of carbonyl (C=O) groups excluding carboxylic acids is 1. The minimum absolute atomic E-state index is 0.200. The van der Waals surface area contributed by atoms with Gasteiger partial charge in [-0.2, -0.15) is 0 Å². The molecule has 8 heteroatoms. The molecule has 0 spiro atoms. The topological polar surface area (TPSA) is 97.6 Å². The fraction of sp³-hybridized carbons (Fsp3) is 0.208. The number of imidazole rings is 1. The van der Waals surface area contributed by atoms with Crippen LogP contribution in [-0.2, 0) is 0 Å². The number of rotatable bonds is 6. The third-order valence-electron chi connectivity index (χ3n) is 5.39. The molecule has 0 saturated heterocycles. The Labute approximate surface area is 185 Å². The van der Waals surface area contributed by atoms with Crippen molar-refractivity contribution >= 4 is 41.0 Å². The second-order valence-corrected chi connectivity index (χ2v) is 8.02. The molecule has 3 heterocycles. The summed E-state index contributed by atoms with van der Waals surface area (Å²) in [6, 6.07) is 9.83. The zero-order chi connectivity index (χ0) is 22.1. The number of hydrogen-bond donors (Lipinski definition) is 2. The summed E-state index contributed by atoms with van der Waals surface area (Å²) in [5.41, 5.74) is 5.07. The van der Waals surface area contributed by atoms with E-state index in [4.69, 9.17) is 0 Å². The zero-order valence-electron chi connectivity index (χ0n) is 17.9. The van der Waals surface area contributed by atoms with Gasteiger partial charge in [-0.3, -0.25) is 9.36 Å². The van der Waals surface area contributed by atoms with Crippen LogP contribution in [0.1, 0.15) is 39.9 Å². The molecular formula is C24H23N7O. The van der Waals surface area contributed by atoms with Crippen molar-refractivity contribution in [2.45, 2.75) is 32.7 Å². The predicted octanol–water partition coefficient (Wildman–Crippen LogP) is 4.29. The van der Waals surface area contributed by atoms with Crippen molar-refractivity contribution < 1.29 is 4.79 Å². The van der Waals surface area contributed by atoms with E-state index in [1.54, 1.807) is 18.9 Å². The van der Waals surface area contributed by atoms with Gasteiger partial charge < -0.3 is 10.6 Å². The first-order valence-electron chi connectivity index (χ1n) is 10.5. The van der Waals surface area contributed by atoms with Gasteiger partial charge in [-0.15, -0.1) is 0 Å². The van der Waals surface area contributed by atoms with Gasteiger partial charge in [-0.05, 0) is 73.7 Å². The van der Waals surface area contributed by atoms with Gasteiger partial charge in [-0.25, -0.2) is 19.9 Å². The molecular weight excluding hydrogens is 402 g/mol. The first kappa shape index (κ1) is 19.9. The monoisotopic (exact) mass is 425 g/mol. The largest absolute Gasteiger partial charge is 0.365 e. The number of carbonyl (C=O) groups is 1. The number of nitrogens with zero attached hydrogens (tertiary/aromatic N) is 5. The molecule has 0 atom stereocenters. The molecule has 4 aromatic rings. The molecule has 1 aliphatic rings. The molecule has 1 fully saturated rings. The highest BCUT2D eigenvalue weighted by Gasteiger charge is 2.23. The maximum absolute atomic E-state index is 12.7. The number of nitrogens with one attached hydrogen (secondary N) is 2. The van der Waals surface area contributed by atoms with Crippen molar-refractivity contribution in [2.24, 2.45) is 0 Å². The number of hydrogen-bond acceptors (Lipinski definition) is 6. The van der Waals surface area contributed by atoms with E-state index < -0.39 is 0 Å². The standard InChI is InChI=1S/C24H23N7O/c1-15-7-9-25-20(11-15)30-24(32)18-4-3-16(2)17(12-18)8-10-31-14-28-21-22(29-19-5-6-19)26-13-27-23(21)31/h3-4,7-14,19H,5-6H2,1-2H3,(H,25,30,32)(H,26,27,29)/b10-8+. The highest BCUT2D eigenvalue weighted by molar-refractivity contribution is 6.04. The maximum Gasteiger partial charge on any atom is 0.256 e. The van der Waals surface area contributed by atoms with E-state index in [2.05, 4.69) is 30.6 Å². The molecule has 5 rings (SSSR count). The van der Waals surface area contributed by atoms with Crippen molar-refractivity contribution in [3.63, 3.8) is 0 Å². The van der Waals surface area contributed by atoms with Crippen molar-refractivity contribution in [3.8, 4) is 0 Å². The fourth-order valence-corrected chi connectivity index (χ4v) is 3.40. The summed E-state index contributed by atoms with van der Waals surface area (Å²) < 4.78 is 1.86. The first-order valence-corrected chi connectivity index (χ1v) is 10.5. The maximum atomic E-state index is 12.7. The SMILES string of the molecule is Cc1ccnc(NC(=O)c2ccc(C)c(/C=C/n3cnc4c(NC5CC5)ncnc43)c2)c1. The van der Waals surface area contributed by atoms with E-state index in [-0.39, 0.29) is 5.91 Å². The summed E-state index contributed by atoms with van der Waals surface area (Å²) in [6.45, 7) is 3.97. The molecule has 8 nitrogen and oxygen atoms in total. The molecule has 1 aromatic carbocycles. The van der Waals surface area contributed by atoms with E-state index >= 15 is 0 Å². The summed E-state index contributed by atoms with van der Waals surface area (Å²) in [5, 5.41) is 6.25. The van der Waals surface area contributed by atoms with E-state index in [0.29, 0.717) is 17.4 Å². The second-order valence-electron chi connectivity index (χ2n) is 8.02. The second kappa shape index (κ2) is 8.22. The van der Waals surface area contributed by atoms with Crippen molar-refractivity contribution in [1.82, 2.24) is 24.5 Å². The van der Waals surface area contributed by atoms with Crippen LogP contribution in [0.3, 0.4) is 0 Å². The Morgan fingerprint density at radius 3 is 2.78 bits per heavy atom. The van der Waals surface area contributed by atoms with Crippen LogP contribution in [0.4, 0.5) is 11.6 Å². The van der Waals surface area contributed by atoms with Crippen molar-refractivity contribution in [1.29, 1.82) is 0 Å². The molecule has 1 saturated carbocycles. The minimum Gasteiger partial charge on any atom is -0.365 e. The van der Waals surface area contributed by atoms with Crippen molar-refractivity contribution in [2.75, 3.05) is 10.6 Å². The zero-order valence-corrected chi connectivity index (χ0v) is 17.9. The number of aromatic nitrogens is 5. The third kappa shape index (κ3) is 4.20. The molecule has 0 bridgehead atoms. The Morgan fingerprint density at radius 2 is 1.97 bits per heavy atom. The van der Waals surface area contributed by atoms with Gasteiger partial charge in [0.15, 0.2) is 17.0 Å². The van der Waals surface area contributed by atoms with E-state index in [1.807, 2.05) is 61.0 Å². The quantitative estimate of drug-likeness (QED) is 0.478. The van der Waals surface area contributed by atoms with E-state index in [0.717, 1.165) is 46.5 Å². The van der Waals surface area contributed by atoms with Gasteiger partial charge in [-0.1, -0.05) is 6.07 Å². The van der Waals surface area contributed by atoms with E-state index in [9.17, 15) is 4.79 Å². The van der Waals surface area contributed by atoms with Gasteiger partial charge in [0.25, 0.3) is 5.91 Å². The molecule has 0 aliphatic heterocycles.